The van der Waals surface area contributed by atoms with Crippen LogP contribution in [0, 0.1) is 0 Å². The van der Waals surface area contributed by atoms with Gasteiger partial charge in [-0.1, -0.05) is 30.3 Å². The van der Waals surface area contributed by atoms with Crippen molar-refractivity contribution in [2.24, 2.45) is 0 Å². The molecule has 4 rings (SSSR count). The third-order valence-corrected chi connectivity index (χ3v) is 5.64. The Kier molecular flexibility index (Phi) is 5.53. The van der Waals surface area contributed by atoms with E-state index in [1.807, 2.05) is 42.5 Å². The van der Waals surface area contributed by atoms with Crippen molar-refractivity contribution in [2.75, 3.05) is 23.3 Å². The molecule has 2 aromatic carbocycles. The Hall–Kier alpha value is -2.53. The molecular weight excluding hydrogens is 374 g/mol. The molecule has 2 aromatic rings. The molecule has 1 aliphatic carbocycles. The topological polar surface area (TPSA) is 61.4 Å². The zero-order valence-electron chi connectivity index (χ0n) is 15.7. The van der Waals surface area contributed by atoms with Crippen molar-refractivity contribution in [3.8, 4) is 0 Å². The molecule has 2 fully saturated rings. The smallest absolute Gasteiger partial charge is 0.253 e. The highest BCUT2D eigenvalue weighted by atomic mass is 35.5. The van der Waals surface area contributed by atoms with Crippen molar-refractivity contribution in [2.45, 2.75) is 37.1 Å². The lowest BCUT2D eigenvalue weighted by atomic mass is 10.1. The molecule has 146 valence electrons. The molecule has 5 nitrogen and oxygen atoms in total. The van der Waals surface area contributed by atoms with Gasteiger partial charge in [0.25, 0.3) is 5.91 Å². The number of carbonyl (C=O) groups is 2. The van der Waals surface area contributed by atoms with Crippen LogP contribution in [0.15, 0.2) is 48.5 Å². The van der Waals surface area contributed by atoms with Gasteiger partial charge < -0.3 is 15.5 Å². The third kappa shape index (κ3) is 4.30. The standard InChI is InChI=1S/C22H24ClN3O2/c23-20(15-6-2-1-3-7-15)22(28)25-17-10-11-19(26-12-4-5-13-26)18(14-17)21(27)24-16-8-9-16/h1-3,6-7,10-11,14,16,20H,4-5,8-9,12-13H2,(H,24,27)(H,25,28)/t20-/m0/s1. The van der Waals surface area contributed by atoms with Crippen molar-refractivity contribution in [3.63, 3.8) is 0 Å². The van der Waals surface area contributed by atoms with Crippen LogP contribution >= 0.6 is 11.6 Å². The summed E-state index contributed by atoms with van der Waals surface area (Å²) in [6.45, 7) is 1.90. The number of anilines is 2. The number of amides is 2. The van der Waals surface area contributed by atoms with Crippen molar-refractivity contribution in [1.82, 2.24) is 5.32 Å². The van der Waals surface area contributed by atoms with E-state index in [1.54, 1.807) is 6.07 Å². The Balaban J connectivity index is 1.55. The molecule has 1 atom stereocenters. The van der Waals surface area contributed by atoms with Gasteiger partial charge in [-0.25, -0.2) is 0 Å². The monoisotopic (exact) mass is 397 g/mol. The lowest BCUT2D eigenvalue weighted by molar-refractivity contribution is -0.116. The first-order valence-corrected chi connectivity index (χ1v) is 10.3. The van der Waals surface area contributed by atoms with Crippen LogP contribution in [0.5, 0.6) is 0 Å². The van der Waals surface area contributed by atoms with E-state index in [4.69, 9.17) is 11.6 Å². The van der Waals surface area contributed by atoms with Gasteiger partial charge in [-0.2, -0.15) is 0 Å². The molecule has 1 aliphatic heterocycles. The molecule has 28 heavy (non-hydrogen) atoms. The molecule has 1 heterocycles. The quantitative estimate of drug-likeness (QED) is 0.721. The molecule has 0 radical (unpaired) electrons. The minimum absolute atomic E-state index is 0.0778. The Morgan fingerprint density at radius 3 is 2.43 bits per heavy atom. The highest BCUT2D eigenvalue weighted by Gasteiger charge is 2.27. The summed E-state index contributed by atoms with van der Waals surface area (Å²) in [6, 6.07) is 15.0. The van der Waals surface area contributed by atoms with Crippen molar-refractivity contribution >= 4 is 34.8 Å². The Bertz CT molecular complexity index is 861. The first kappa shape index (κ1) is 18.8. The highest BCUT2D eigenvalue weighted by Crippen LogP contribution is 2.30. The van der Waals surface area contributed by atoms with E-state index >= 15 is 0 Å². The number of nitrogens with one attached hydrogen (secondary N) is 2. The Morgan fingerprint density at radius 2 is 1.75 bits per heavy atom. The number of benzene rings is 2. The van der Waals surface area contributed by atoms with Crippen LogP contribution in [0.3, 0.4) is 0 Å². The van der Waals surface area contributed by atoms with Gasteiger partial charge in [-0.15, -0.1) is 11.6 Å². The van der Waals surface area contributed by atoms with Crippen LogP contribution in [0.2, 0.25) is 0 Å². The minimum Gasteiger partial charge on any atom is -0.371 e. The van der Waals surface area contributed by atoms with Crippen molar-refractivity contribution in [3.05, 3.63) is 59.7 Å². The SMILES string of the molecule is O=C(NC1CC1)c1cc(NC(=O)[C@@H](Cl)c2ccccc2)ccc1N1CCCC1. The van der Waals surface area contributed by atoms with Gasteiger partial charge in [0.2, 0.25) is 5.91 Å². The van der Waals surface area contributed by atoms with Gasteiger partial charge in [0.05, 0.1) is 5.56 Å². The molecular formula is C22H24ClN3O2. The summed E-state index contributed by atoms with van der Waals surface area (Å²) in [5, 5.41) is 5.12. The van der Waals surface area contributed by atoms with Crippen molar-refractivity contribution in [1.29, 1.82) is 0 Å². The van der Waals surface area contributed by atoms with Crippen LogP contribution < -0.4 is 15.5 Å². The largest absolute Gasteiger partial charge is 0.371 e. The summed E-state index contributed by atoms with van der Waals surface area (Å²) in [6.07, 6.45) is 4.33. The van der Waals surface area contributed by atoms with E-state index in [9.17, 15) is 9.59 Å². The number of alkyl halides is 1. The van der Waals surface area contributed by atoms with Gasteiger partial charge in [0.15, 0.2) is 0 Å². The molecule has 1 saturated heterocycles. The van der Waals surface area contributed by atoms with Crippen molar-refractivity contribution < 1.29 is 9.59 Å². The lowest BCUT2D eigenvalue weighted by Gasteiger charge is -2.22. The summed E-state index contributed by atoms with van der Waals surface area (Å²) in [5.41, 5.74) is 2.86. The molecule has 0 unspecified atom stereocenters. The first-order chi connectivity index (χ1) is 13.6. The molecule has 0 aromatic heterocycles. The number of hydrogen-bond donors (Lipinski definition) is 2. The maximum atomic E-state index is 12.8. The zero-order chi connectivity index (χ0) is 19.5. The van der Waals surface area contributed by atoms with Gasteiger partial charge in [0, 0.05) is 30.5 Å². The van der Waals surface area contributed by atoms with Gasteiger partial charge in [-0.05, 0) is 49.4 Å². The van der Waals surface area contributed by atoms with Gasteiger partial charge in [0.1, 0.15) is 5.38 Å². The number of halogens is 1. The fraction of sp³-hybridized carbons (Fsp3) is 0.364. The molecule has 0 spiro atoms. The second-order valence-corrected chi connectivity index (χ2v) is 7.87. The zero-order valence-corrected chi connectivity index (χ0v) is 16.4. The van der Waals surface area contributed by atoms with Gasteiger partial charge in [-0.3, -0.25) is 9.59 Å². The van der Waals surface area contributed by atoms with Gasteiger partial charge >= 0.3 is 0 Å². The van der Waals surface area contributed by atoms with E-state index in [0.717, 1.165) is 50.0 Å². The molecule has 0 bridgehead atoms. The second-order valence-electron chi connectivity index (χ2n) is 7.44. The fourth-order valence-electron chi connectivity index (χ4n) is 3.50. The average molecular weight is 398 g/mol. The number of rotatable bonds is 6. The summed E-state index contributed by atoms with van der Waals surface area (Å²) in [4.78, 5) is 27.6. The Morgan fingerprint density at radius 1 is 1.04 bits per heavy atom. The maximum absolute atomic E-state index is 12.8. The lowest BCUT2D eigenvalue weighted by Crippen LogP contribution is -2.29. The molecule has 1 saturated carbocycles. The highest BCUT2D eigenvalue weighted by molar-refractivity contribution is 6.32. The van der Waals surface area contributed by atoms with E-state index in [1.165, 1.54) is 0 Å². The fourth-order valence-corrected chi connectivity index (χ4v) is 3.70. The van der Waals surface area contributed by atoms with Crippen LogP contribution in [0.1, 0.15) is 47.0 Å². The molecule has 2 aliphatic rings. The summed E-state index contributed by atoms with van der Waals surface area (Å²) in [7, 11) is 0. The minimum atomic E-state index is -0.789. The first-order valence-electron chi connectivity index (χ1n) is 9.81. The van der Waals surface area contributed by atoms with Crippen LogP contribution in [0.25, 0.3) is 0 Å². The number of nitrogens with zero attached hydrogens (tertiary/aromatic N) is 1. The number of hydrogen-bond acceptors (Lipinski definition) is 3. The number of carbonyl (C=O) groups excluding carboxylic acids is 2. The summed E-state index contributed by atoms with van der Waals surface area (Å²) < 4.78 is 0. The molecule has 6 heteroatoms. The average Bonchev–Trinajstić information content (AvgIpc) is 3.36. The predicted molar refractivity (Wildman–Crippen MR) is 112 cm³/mol. The van der Waals surface area contributed by atoms with E-state index < -0.39 is 5.38 Å². The van der Waals surface area contributed by atoms with E-state index in [2.05, 4.69) is 15.5 Å². The normalized spacial score (nSPS) is 17.2. The van der Waals surface area contributed by atoms with Crippen LogP contribution in [-0.4, -0.2) is 30.9 Å². The predicted octanol–water partition coefficient (Wildman–Crippen LogP) is 4.10. The summed E-state index contributed by atoms with van der Waals surface area (Å²) in [5.74, 6) is -0.388. The molecule has 2 amide bonds. The Labute approximate surface area is 170 Å². The maximum Gasteiger partial charge on any atom is 0.253 e. The molecule has 2 N–H and O–H groups in total. The third-order valence-electron chi connectivity index (χ3n) is 5.19. The van der Waals surface area contributed by atoms with Crippen LogP contribution in [0.4, 0.5) is 11.4 Å². The summed E-state index contributed by atoms with van der Waals surface area (Å²) >= 11 is 6.32. The second kappa shape index (κ2) is 8.23. The van der Waals surface area contributed by atoms with E-state index in [-0.39, 0.29) is 17.9 Å². The van der Waals surface area contributed by atoms with Crippen LogP contribution in [-0.2, 0) is 4.79 Å². The van der Waals surface area contributed by atoms with E-state index in [0.29, 0.717) is 11.3 Å².